The average molecular weight is 337 g/mol. The number of fused-ring (bicyclic) bond motifs is 1. The van der Waals surface area contributed by atoms with Gasteiger partial charge in [0, 0.05) is 17.1 Å². The van der Waals surface area contributed by atoms with Crippen LogP contribution in [-0.4, -0.2) is 28.8 Å². The summed E-state index contributed by atoms with van der Waals surface area (Å²) >= 11 is 5.98. The molecular weight excluding hydrogens is 320 g/mol. The molecule has 1 aliphatic heterocycles. The summed E-state index contributed by atoms with van der Waals surface area (Å²) in [5.41, 5.74) is 6.48. The minimum absolute atomic E-state index is 0.0968. The smallest absolute Gasteiger partial charge is 0.263 e. The van der Waals surface area contributed by atoms with Gasteiger partial charge in [-0.1, -0.05) is 11.6 Å². The summed E-state index contributed by atoms with van der Waals surface area (Å²) in [4.78, 5) is 28.9. The number of nitrogen functional groups attached to an aromatic ring is 1. The quantitative estimate of drug-likeness (QED) is 0.766. The fourth-order valence-corrected chi connectivity index (χ4v) is 3.08. The molecule has 1 aromatic carbocycles. The zero-order valence-electron chi connectivity index (χ0n) is 12.6. The largest absolute Gasteiger partial charge is 0.398 e. The van der Waals surface area contributed by atoms with Crippen molar-refractivity contribution in [1.29, 1.82) is 0 Å². The lowest BCUT2D eigenvalue weighted by Gasteiger charge is -2.24. The highest BCUT2D eigenvalue weighted by Crippen LogP contribution is 2.24. The number of aromatic nitrogens is 2. The molecular formula is C15H17ClN4O3. The standard InChI is InChI=1S/C15H17ClN4O3/c1-8-19-12-5-9(16)4-11(17)14(12)15(22)20(8)10-2-3-13(21)18-7-23-6-10/h4-5,10H,2-3,6-7,17H2,1H3,(H,18,21). The number of anilines is 1. The van der Waals surface area contributed by atoms with E-state index >= 15 is 0 Å². The molecule has 0 saturated carbocycles. The number of amides is 1. The van der Waals surface area contributed by atoms with Crippen LogP contribution in [0.25, 0.3) is 10.9 Å². The minimum atomic E-state index is -0.263. The predicted octanol–water partition coefficient (Wildman–Crippen LogP) is 1.37. The molecule has 122 valence electrons. The number of carbonyl (C=O) groups excluding carboxylic acids is 1. The zero-order valence-corrected chi connectivity index (χ0v) is 13.4. The van der Waals surface area contributed by atoms with Crippen molar-refractivity contribution in [1.82, 2.24) is 14.9 Å². The summed E-state index contributed by atoms with van der Waals surface area (Å²) in [6.45, 7) is 2.21. The number of halogens is 1. The van der Waals surface area contributed by atoms with Crippen molar-refractivity contribution >= 4 is 34.1 Å². The Kier molecular flexibility index (Phi) is 4.23. The first-order valence-corrected chi connectivity index (χ1v) is 7.67. The zero-order chi connectivity index (χ0) is 16.6. The molecule has 1 unspecified atom stereocenters. The predicted molar refractivity (Wildman–Crippen MR) is 87.4 cm³/mol. The van der Waals surface area contributed by atoms with Gasteiger partial charge in [-0.2, -0.15) is 0 Å². The first-order valence-electron chi connectivity index (χ1n) is 7.29. The number of aryl methyl sites for hydroxylation is 1. The summed E-state index contributed by atoms with van der Waals surface area (Å²) in [6, 6.07) is 2.89. The van der Waals surface area contributed by atoms with E-state index in [1.807, 2.05) is 0 Å². The van der Waals surface area contributed by atoms with Gasteiger partial charge >= 0.3 is 0 Å². The highest BCUT2D eigenvalue weighted by atomic mass is 35.5. The van der Waals surface area contributed by atoms with Crippen molar-refractivity contribution in [2.75, 3.05) is 19.1 Å². The first kappa shape index (κ1) is 15.8. The van der Waals surface area contributed by atoms with Crippen LogP contribution < -0.4 is 16.6 Å². The van der Waals surface area contributed by atoms with E-state index in [0.717, 1.165) is 0 Å². The lowest BCUT2D eigenvalue weighted by molar-refractivity contribution is -0.124. The Bertz CT molecular complexity index is 834. The van der Waals surface area contributed by atoms with Crippen molar-refractivity contribution < 1.29 is 9.53 Å². The van der Waals surface area contributed by atoms with Crippen molar-refractivity contribution in [2.24, 2.45) is 0 Å². The highest BCUT2D eigenvalue weighted by molar-refractivity contribution is 6.31. The minimum Gasteiger partial charge on any atom is -0.398 e. The monoisotopic (exact) mass is 336 g/mol. The summed E-state index contributed by atoms with van der Waals surface area (Å²) in [6.07, 6.45) is 0.821. The van der Waals surface area contributed by atoms with E-state index in [2.05, 4.69) is 10.3 Å². The molecule has 1 atom stereocenters. The van der Waals surface area contributed by atoms with Crippen LogP contribution in [0.3, 0.4) is 0 Å². The molecule has 0 radical (unpaired) electrons. The third kappa shape index (κ3) is 3.02. The molecule has 3 N–H and O–H groups in total. The molecule has 23 heavy (non-hydrogen) atoms. The summed E-state index contributed by atoms with van der Waals surface area (Å²) < 4.78 is 6.97. The van der Waals surface area contributed by atoms with E-state index in [1.165, 1.54) is 6.07 Å². The van der Waals surface area contributed by atoms with E-state index in [-0.39, 0.29) is 24.2 Å². The molecule has 2 heterocycles. The van der Waals surface area contributed by atoms with E-state index in [0.29, 0.717) is 46.9 Å². The van der Waals surface area contributed by atoms with Crippen LogP contribution in [0.1, 0.15) is 24.7 Å². The fraction of sp³-hybridized carbons (Fsp3) is 0.400. The Morgan fingerprint density at radius 2 is 2.22 bits per heavy atom. The Balaban J connectivity index is 2.13. The van der Waals surface area contributed by atoms with Crippen molar-refractivity contribution in [3.8, 4) is 0 Å². The number of hydrogen-bond donors (Lipinski definition) is 2. The second-order valence-corrected chi connectivity index (χ2v) is 5.97. The molecule has 1 fully saturated rings. The molecule has 1 amide bonds. The van der Waals surface area contributed by atoms with Crippen LogP contribution in [0.15, 0.2) is 16.9 Å². The lowest BCUT2D eigenvalue weighted by atomic mass is 10.1. The van der Waals surface area contributed by atoms with Gasteiger partial charge in [0.25, 0.3) is 5.56 Å². The van der Waals surface area contributed by atoms with Gasteiger partial charge in [0.1, 0.15) is 12.6 Å². The molecule has 2 aromatic rings. The van der Waals surface area contributed by atoms with Gasteiger partial charge in [-0.3, -0.25) is 14.2 Å². The summed E-state index contributed by atoms with van der Waals surface area (Å²) in [7, 11) is 0. The average Bonchev–Trinajstić information content (AvgIpc) is 2.44. The molecule has 1 aromatic heterocycles. The summed E-state index contributed by atoms with van der Waals surface area (Å²) in [5.74, 6) is 0.444. The topological polar surface area (TPSA) is 99.2 Å². The van der Waals surface area contributed by atoms with Gasteiger partial charge < -0.3 is 15.8 Å². The Morgan fingerprint density at radius 3 is 3.00 bits per heavy atom. The van der Waals surface area contributed by atoms with Gasteiger partial charge in [-0.05, 0) is 25.5 Å². The van der Waals surface area contributed by atoms with Crippen LogP contribution in [0.4, 0.5) is 5.69 Å². The molecule has 3 rings (SSSR count). The second-order valence-electron chi connectivity index (χ2n) is 5.53. The van der Waals surface area contributed by atoms with Crippen molar-refractivity contribution in [3.05, 3.63) is 33.3 Å². The third-order valence-electron chi connectivity index (χ3n) is 3.93. The number of carbonyl (C=O) groups is 1. The highest BCUT2D eigenvalue weighted by Gasteiger charge is 2.21. The SMILES string of the molecule is Cc1nc2cc(Cl)cc(N)c2c(=O)n1C1CCC(=O)NCOC1. The number of benzene rings is 1. The molecule has 0 spiro atoms. The number of nitrogens with two attached hydrogens (primary N) is 1. The van der Waals surface area contributed by atoms with Crippen LogP contribution in [0.2, 0.25) is 5.02 Å². The maximum absolute atomic E-state index is 12.9. The Hall–Kier alpha value is -2.12. The van der Waals surface area contributed by atoms with Gasteiger partial charge in [0.15, 0.2) is 0 Å². The van der Waals surface area contributed by atoms with Crippen LogP contribution >= 0.6 is 11.6 Å². The second kappa shape index (κ2) is 6.17. The first-order chi connectivity index (χ1) is 11.0. The molecule has 0 bridgehead atoms. The number of hydrogen-bond acceptors (Lipinski definition) is 5. The van der Waals surface area contributed by atoms with E-state index < -0.39 is 0 Å². The van der Waals surface area contributed by atoms with Crippen molar-refractivity contribution in [2.45, 2.75) is 25.8 Å². The van der Waals surface area contributed by atoms with Crippen LogP contribution in [0.5, 0.6) is 0 Å². The van der Waals surface area contributed by atoms with Gasteiger partial charge in [-0.25, -0.2) is 4.98 Å². The fourth-order valence-electron chi connectivity index (χ4n) is 2.86. The van der Waals surface area contributed by atoms with Crippen LogP contribution in [0, 0.1) is 6.92 Å². The number of ether oxygens (including phenoxy) is 1. The van der Waals surface area contributed by atoms with Gasteiger partial charge in [0.2, 0.25) is 5.91 Å². The number of rotatable bonds is 1. The van der Waals surface area contributed by atoms with Crippen molar-refractivity contribution in [3.63, 3.8) is 0 Å². The van der Waals surface area contributed by atoms with E-state index in [4.69, 9.17) is 22.1 Å². The Morgan fingerprint density at radius 1 is 1.43 bits per heavy atom. The number of nitrogens with one attached hydrogen (secondary N) is 1. The lowest BCUT2D eigenvalue weighted by Crippen LogP contribution is -2.36. The summed E-state index contributed by atoms with van der Waals surface area (Å²) in [5, 5.41) is 3.41. The Labute approximate surface area is 137 Å². The maximum atomic E-state index is 12.9. The molecule has 8 heteroatoms. The van der Waals surface area contributed by atoms with E-state index in [9.17, 15) is 9.59 Å². The third-order valence-corrected chi connectivity index (χ3v) is 4.15. The van der Waals surface area contributed by atoms with Gasteiger partial charge in [0.05, 0.1) is 23.6 Å². The molecule has 7 nitrogen and oxygen atoms in total. The molecule has 1 aliphatic rings. The van der Waals surface area contributed by atoms with Crippen LogP contribution in [-0.2, 0) is 9.53 Å². The normalized spacial score (nSPS) is 19.2. The maximum Gasteiger partial charge on any atom is 0.263 e. The molecule has 1 saturated heterocycles. The van der Waals surface area contributed by atoms with Gasteiger partial charge in [-0.15, -0.1) is 0 Å². The molecule has 0 aliphatic carbocycles. The number of nitrogens with zero attached hydrogens (tertiary/aromatic N) is 2. The van der Waals surface area contributed by atoms with E-state index in [1.54, 1.807) is 17.6 Å².